The van der Waals surface area contributed by atoms with E-state index in [0.717, 1.165) is 11.5 Å². The standard InChI is InChI=1S/C16H17FN2O4S/c17-10-1-2-11-12(8-19(9-14(20)21)13(11)7-10)15(16(22)23)18-3-5-24-6-4-18/h1-2,7-8,15H,3-6,9H2,(H,20,21)(H,22,23)/t15-/m1/s1. The summed E-state index contributed by atoms with van der Waals surface area (Å²) in [7, 11) is 0. The Kier molecular flexibility index (Phi) is 4.77. The molecule has 1 aliphatic rings. The molecule has 3 rings (SSSR count). The molecule has 0 bridgehead atoms. The lowest BCUT2D eigenvalue weighted by atomic mass is 10.0. The van der Waals surface area contributed by atoms with Crippen LogP contribution in [0.25, 0.3) is 10.9 Å². The van der Waals surface area contributed by atoms with E-state index in [4.69, 9.17) is 5.11 Å². The van der Waals surface area contributed by atoms with Crippen molar-refractivity contribution in [1.82, 2.24) is 9.47 Å². The number of rotatable bonds is 5. The number of carbonyl (C=O) groups is 2. The van der Waals surface area contributed by atoms with Crippen LogP contribution in [0.15, 0.2) is 24.4 Å². The van der Waals surface area contributed by atoms with Gasteiger partial charge in [0.2, 0.25) is 0 Å². The van der Waals surface area contributed by atoms with E-state index in [1.54, 1.807) is 11.8 Å². The Bertz CT molecular complexity index is 786. The van der Waals surface area contributed by atoms with Gasteiger partial charge in [-0.05, 0) is 18.2 Å². The third-order valence-electron chi connectivity index (χ3n) is 4.12. The normalized spacial score (nSPS) is 17.0. The molecular formula is C16H17FN2O4S. The van der Waals surface area contributed by atoms with E-state index < -0.39 is 23.8 Å². The number of benzene rings is 1. The van der Waals surface area contributed by atoms with Gasteiger partial charge in [-0.25, -0.2) is 4.39 Å². The molecule has 0 aliphatic carbocycles. The zero-order valence-electron chi connectivity index (χ0n) is 12.8. The molecule has 0 amide bonds. The average molecular weight is 352 g/mol. The second-order valence-electron chi connectivity index (χ2n) is 5.66. The molecule has 2 N–H and O–H groups in total. The van der Waals surface area contributed by atoms with Gasteiger partial charge in [0.1, 0.15) is 18.4 Å². The Morgan fingerprint density at radius 2 is 1.96 bits per heavy atom. The third-order valence-corrected chi connectivity index (χ3v) is 5.06. The fraction of sp³-hybridized carbons (Fsp3) is 0.375. The van der Waals surface area contributed by atoms with E-state index >= 15 is 0 Å². The minimum atomic E-state index is -1.07. The van der Waals surface area contributed by atoms with E-state index in [0.29, 0.717) is 29.6 Å². The van der Waals surface area contributed by atoms with Gasteiger partial charge in [0.05, 0.1) is 5.52 Å². The third kappa shape index (κ3) is 3.25. The molecular weight excluding hydrogens is 335 g/mol. The van der Waals surface area contributed by atoms with Crippen LogP contribution in [0, 0.1) is 5.82 Å². The quantitative estimate of drug-likeness (QED) is 0.857. The summed E-state index contributed by atoms with van der Waals surface area (Å²) in [4.78, 5) is 24.8. The Labute approximate surface area is 141 Å². The molecule has 2 heterocycles. The molecule has 6 nitrogen and oxygen atoms in total. The van der Waals surface area contributed by atoms with Crippen molar-refractivity contribution in [3.63, 3.8) is 0 Å². The van der Waals surface area contributed by atoms with Crippen LogP contribution < -0.4 is 0 Å². The molecule has 1 aromatic carbocycles. The van der Waals surface area contributed by atoms with Gasteiger partial charge in [-0.15, -0.1) is 0 Å². The lowest BCUT2D eigenvalue weighted by Crippen LogP contribution is -2.39. The van der Waals surface area contributed by atoms with E-state index in [1.165, 1.54) is 29.0 Å². The monoisotopic (exact) mass is 352 g/mol. The van der Waals surface area contributed by atoms with E-state index in [9.17, 15) is 19.1 Å². The van der Waals surface area contributed by atoms with Gasteiger partial charge >= 0.3 is 11.9 Å². The molecule has 0 radical (unpaired) electrons. The number of nitrogens with zero attached hydrogens (tertiary/aromatic N) is 2. The Hall–Kier alpha value is -2.06. The largest absolute Gasteiger partial charge is 0.480 e. The minimum Gasteiger partial charge on any atom is -0.480 e. The van der Waals surface area contributed by atoms with Crippen LogP contribution in [-0.2, 0) is 16.1 Å². The van der Waals surface area contributed by atoms with E-state index in [-0.39, 0.29) is 6.54 Å². The van der Waals surface area contributed by atoms with Gasteiger partial charge in [0, 0.05) is 41.7 Å². The molecule has 128 valence electrons. The number of aromatic nitrogens is 1. The molecule has 1 saturated heterocycles. The van der Waals surface area contributed by atoms with Crippen LogP contribution in [0.3, 0.4) is 0 Å². The van der Waals surface area contributed by atoms with E-state index in [2.05, 4.69) is 0 Å². The number of thioether (sulfide) groups is 1. The van der Waals surface area contributed by atoms with Crippen molar-refractivity contribution in [3.05, 3.63) is 35.8 Å². The fourth-order valence-corrected chi connectivity index (χ4v) is 4.04. The first-order valence-electron chi connectivity index (χ1n) is 7.52. The van der Waals surface area contributed by atoms with Crippen LogP contribution in [-0.4, -0.2) is 56.2 Å². The first-order chi connectivity index (χ1) is 11.5. The van der Waals surface area contributed by atoms with Crippen LogP contribution in [0.1, 0.15) is 11.6 Å². The molecule has 1 fully saturated rings. The van der Waals surface area contributed by atoms with Crippen molar-refractivity contribution in [1.29, 1.82) is 0 Å². The highest BCUT2D eigenvalue weighted by atomic mass is 32.2. The lowest BCUT2D eigenvalue weighted by Gasteiger charge is -2.31. The van der Waals surface area contributed by atoms with Crippen molar-refractivity contribution in [2.45, 2.75) is 12.6 Å². The average Bonchev–Trinajstić information content (AvgIpc) is 2.85. The Morgan fingerprint density at radius 1 is 1.25 bits per heavy atom. The number of carboxylic acids is 2. The Balaban J connectivity index is 2.12. The highest BCUT2D eigenvalue weighted by molar-refractivity contribution is 7.99. The maximum atomic E-state index is 13.6. The Morgan fingerprint density at radius 3 is 2.58 bits per heavy atom. The topological polar surface area (TPSA) is 82.8 Å². The zero-order chi connectivity index (χ0) is 17.3. The number of aliphatic carboxylic acids is 2. The van der Waals surface area contributed by atoms with Crippen molar-refractivity contribution in [2.75, 3.05) is 24.6 Å². The molecule has 0 spiro atoms. The minimum absolute atomic E-state index is 0.345. The second-order valence-corrected chi connectivity index (χ2v) is 6.88. The number of hydrogen-bond donors (Lipinski definition) is 2. The number of carboxylic acid groups (broad SMARTS) is 2. The number of halogens is 1. The van der Waals surface area contributed by atoms with Crippen molar-refractivity contribution >= 4 is 34.6 Å². The summed E-state index contributed by atoms with van der Waals surface area (Å²) in [6.07, 6.45) is 1.53. The summed E-state index contributed by atoms with van der Waals surface area (Å²) >= 11 is 1.78. The van der Waals surface area contributed by atoms with Crippen LogP contribution in [0.2, 0.25) is 0 Å². The van der Waals surface area contributed by atoms with Gasteiger partial charge in [-0.2, -0.15) is 11.8 Å². The van der Waals surface area contributed by atoms with Gasteiger partial charge in [-0.3, -0.25) is 14.5 Å². The molecule has 1 aromatic heterocycles. The predicted octanol–water partition coefficient (Wildman–Crippen LogP) is 2.04. The molecule has 24 heavy (non-hydrogen) atoms. The fourth-order valence-electron chi connectivity index (χ4n) is 3.11. The highest BCUT2D eigenvalue weighted by Gasteiger charge is 2.31. The maximum Gasteiger partial charge on any atom is 0.325 e. The van der Waals surface area contributed by atoms with Crippen molar-refractivity contribution < 1.29 is 24.2 Å². The maximum absolute atomic E-state index is 13.6. The van der Waals surface area contributed by atoms with Gasteiger partial charge < -0.3 is 14.8 Å². The van der Waals surface area contributed by atoms with Crippen molar-refractivity contribution in [3.8, 4) is 0 Å². The summed E-state index contributed by atoms with van der Waals surface area (Å²) < 4.78 is 15.0. The summed E-state index contributed by atoms with van der Waals surface area (Å²) in [5.41, 5.74) is 0.899. The first-order valence-corrected chi connectivity index (χ1v) is 8.67. The smallest absolute Gasteiger partial charge is 0.325 e. The molecule has 0 unspecified atom stereocenters. The van der Waals surface area contributed by atoms with Crippen LogP contribution in [0.5, 0.6) is 0 Å². The molecule has 1 aliphatic heterocycles. The van der Waals surface area contributed by atoms with E-state index in [1.807, 2.05) is 4.90 Å². The molecule has 2 aromatic rings. The van der Waals surface area contributed by atoms with Crippen LogP contribution >= 0.6 is 11.8 Å². The highest BCUT2D eigenvalue weighted by Crippen LogP contribution is 2.32. The summed E-state index contributed by atoms with van der Waals surface area (Å²) in [5, 5.41) is 19.4. The zero-order valence-corrected chi connectivity index (χ0v) is 13.6. The molecule has 0 saturated carbocycles. The molecule has 8 heteroatoms. The van der Waals surface area contributed by atoms with Gasteiger partial charge in [0.15, 0.2) is 0 Å². The predicted molar refractivity (Wildman–Crippen MR) is 88.8 cm³/mol. The summed E-state index contributed by atoms with van der Waals surface area (Å²) in [5.74, 6) is -0.831. The SMILES string of the molecule is O=C(O)Cn1cc([C@H](C(=O)O)N2CCSCC2)c2ccc(F)cc21. The van der Waals surface area contributed by atoms with Gasteiger partial charge in [-0.1, -0.05) is 0 Å². The first kappa shape index (κ1) is 16.8. The molecule has 1 atom stereocenters. The van der Waals surface area contributed by atoms with Gasteiger partial charge in [0.25, 0.3) is 0 Å². The second kappa shape index (κ2) is 6.82. The van der Waals surface area contributed by atoms with Crippen molar-refractivity contribution in [2.24, 2.45) is 0 Å². The number of fused-ring (bicyclic) bond motifs is 1. The van der Waals surface area contributed by atoms with Crippen LogP contribution in [0.4, 0.5) is 4.39 Å². The summed E-state index contributed by atoms with van der Waals surface area (Å²) in [6, 6.07) is 3.16. The number of hydrogen-bond acceptors (Lipinski definition) is 4. The lowest BCUT2D eigenvalue weighted by molar-refractivity contribution is -0.143. The summed E-state index contributed by atoms with van der Waals surface area (Å²) in [6.45, 7) is 0.949.